The number of carbonyl (C=O) groups excluding carboxylic acids is 1. The fourth-order valence-corrected chi connectivity index (χ4v) is 1.99. The Morgan fingerprint density at radius 2 is 2.11 bits per heavy atom. The molecule has 1 amide bonds. The lowest BCUT2D eigenvalue weighted by Crippen LogP contribution is -2.28. The maximum Gasteiger partial charge on any atom is 0.227 e. The molecule has 0 aliphatic heterocycles. The summed E-state index contributed by atoms with van der Waals surface area (Å²) in [4.78, 5) is 18.0. The minimum Gasteiger partial charge on any atom is -0.340 e. The van der Waals surface area contributed by atoms with Gasteiger partial charge in [-0.05, 0) is 29.8 Å². The average Bonchev–Trinajstić information content (AvgIpc) is 2.40. The molecule has 2 aromatic rings. The summed E-state index contributed by atoms with van der Waals surface area (Å²) in [5.41, 5.74) is 1.80. The molecule has 0 saturated heterocycles. The fraction of sp³-hybridized carbons (Fsp3) is 0.200. The number of pyridine rings is 1. The van der Waals surface area contributed by atoms with Gasteiger partial charge in [-0.25, -0.2) is 0 Å². The van der Waals surface area contributed by atoms with E-state index in [4.69, 9.17) is 11.6 Å². The van der Waals surface area contributed by atoms with Gasteiger partial charge < -0.3 is 4.90 Å². The number of hydrogen-bond donors (Lipinski definition) is 0. The quantitative estimate of drug-likeness (QED) is 0.859. The summed E-state index contributed by atoms with van der Waals surface area (Å²) < 4.78 is 0. The second-order valence-corrected chi connectivity index (χ2v) is 4.81. The molecule has 0 spiro atoms. The molecular formula is C15H15ClN2O. The maximum atomic E-state index is 12.1. The van der Waals surface area contributed by atoms with Crippen LogP contribution in [0.1, 0.15) is 11.3 Å². The van der Waals surface area contributed by atoms with E-state index in [1.165, 1.54) is 0 Å². The van der Waals surface area contributed by atoms with E-state index in [-0.39, 0.29) is 5.91 Å². The molecule has 1 aromatic heterocycles. The first kappa shape index (κ1) is 13.6. The molecular weight excluding hydrogens is 260 g/mol. The summed E-state index contributed by atoms with van der Waals surface area (Å²) in [6, 6.07) is 13.0. The van der Waals surface area contributed by atoms with Crippen molar-refractivity contribution < 1.29 is 4.79 Å². The first-order valence-corrected chi connectivity index (χ1v) is 6.41. The lowest BCUT2D eigenvalue weighted by molar-refractivity contribution is -0.129. The van der Waals surface area contributed by atoms with Crippen LogP contribution in [0, 0.1) is 0 Å². The molecule has 19 heavy (non-hydrogen) atoms. The van der Waals surface area contributed by atoms with Crippen LogP contribution in [-0.2, 0) is 17.8 Å². The Kier molecular flexibility index (Phi) is 4.53. The number of likely N-dealkylation sites (N-methyl/N-ethyl adjacent to an activating group) is 1. The molecule has 0 radical (unpaired) electrons. The zero-order chi connectivity index (χ0) is 13.7. The number of nitrogens with zero attached hydrogens (tertiary/aromatic N) is 2. The molecule has 2 rings (SSSR count). The van der Waals surface area contributed by atoms with E-state index < -0.39 is 0 Å². The molecule has 98 valence electrons. The van der Waals surface area contributed by atoms with Crippen molar-refractivity contribution in [3.05, 3.63) is 64.9 Å². The summed E-state index contributed by atoms with van der Waals surface area (Å²) in [6.07, 6.45) is 2.08. The van der Waals surface area contributed by atoms with Crippen molar-refractivity contribution in [3.63, 3.8) is 0 Å². The zero-order valence-corrected chi connectivity index (χ0v) is 11.5. The average molecular weight is 275 g/mol. The number of amides is 1. The maximum absolute atomic E-state index is 12.1. The van der Waals surface area contributed by atoms with Crippen LogP contribution in [0.3, 0.4) is 0 Å². The first-order valence-electron chi connectivity index (χ1n) is 6.03. The normalized spacial score (nSPS) is 10.2. The van der Waals surface area contributed by atoms with Gasteiger partial charge in [-0.1, -0.05) is 29.8 Å². The summed E-state index contributed by atoms with van der Waals surface area (Å²) in [7, 11) is 1.78. The van der Waals surface area contributed by atoms with Gasteiger partial charge in [-0.15, -0.1) is 0 Å². The summed E-state index contributed by atoms with van der Waals surface area (Å²) in [5.74, 6) is 0.0490. The van der Waals surface area contributed by atoms with Gasteiger partial charge in [0, 0.05) is 18.3 Å². The van der Waals surface area contributed by atoms with E-state index >= 15 is 0 Å². The monoisotopic (exact) mass is 274 g/mol. The second kappa shape index (κ2) is 6.34. The van der Waals surface area contributed by atoms with Gasteiger partial charge in [0.1, 0.15) is 0 Å². The highest BCUT2D eigenvalue weighted by molar-refractivity contribution is 6.30. The lowest BCUT2D eigenvalue weighted by atomic mass is 10.1. The van der Waals surface area contributed by atoms with Crippen LogP contribution in [0.25, 0.3) is 0 Å². The van der Waals surface area contributed by atoms with E-state index in [0.29, 0.717) is 18.0 Å². The lowest BCUT2D eigenvalue weighted by Gasteiger charge is -2.16. The van der Waals surface area contributed by atoms with Crippen LogP contribution in [0.2, 0.25) is 5.02 Å². The third-order valence-corrected chi connectivity index (χ3v) is 3.03. The molecule has 0 bridgehead atoms. The molecule has 4 heteroatoms. The topological polar surface area (TPSA) is 33.2 Å². The van der Waals surface area contributed by atoms with Crippen LogP contribution in [-0.4, -0.2) is 22.8 Å². The van der Waals surface area contributed by atoms with Gasteiger partial charge in [0.15, 0.2) is 0 Å². The van der Waals surface area contributed by atoms with Crippen molar-refractivity contribution in [2.75, 3.05) is 7.05 Å². The SMILES string of the molecule is CN(Cc1ccccn1)C(=O)Cc1cccc(Cl)c1. The van der Waals surface area contributed by atoms with Gasteiger partial charge in [0.2, 0.25) is 5.91 Å². The molecule has 0 unspecified atom stereocenters. The third-order valence-electron chi connectivity index (χ3n) is 2.80. The minimum absolute atomic E-state index is 0.0490. The number of benzene rings is 1. The van der Waals surface area contributed by atoms with Gasteiger partial charge >= 0.3 is 0 Å². The van der Waals surface area contributed by atoms with Gasteiger partial charge in [0.25, 0.3) is 0 Å². The van der Waals surface area contributed by atoms with Crippen LogP contribution in [0.15, 0.2) is 48.7 Å². The van der Waals surface area contributed by atoms with Crippen molar-refractivity contribution in [1.82, 2.24) is 9.88 Å². The summed E-state index contributed by atoms with van der Waals surface area (Å²) in [5, 5.41) is 0.651. The van der Waals surface area contributed by atoms with Crippen molar-refractivity contribution in [2.45, 2.75) is 13.0 Å². The molecule has 0 aliphatic carbocycles. The molecule has 0 fully saturated rings. The Balaban J connectivity index is 1.96. The van der Waals surface area contributed by atoms with E-state index in [0.717, 1.165) is 11.3 Å². The number of rotatable bonds is 4. The Labute approximate surface area is 117 Å². The molecule has 0 N–H and O–H groups in total. The minimum atomic E-state index is 0.0490. The zero-order valence-electron chi connectivity index (χ0n) is 10.7. The Morgan fingerprint density at radius 1 is 1.26 bits per heavy atom. The molecule has 0 saturated carbocycles. The van der Waals surface area contributed by atoms with Crippen molar-refractivity contribution in [1.29, 1.82) is 0 Å². The van der Waals surface area contributed by atoms with Crippen molar-refractivity contribution >= 4 is 17.5 Å². The van der Waals surface area contributed by atoms with Crippen LogP contribution < -0.4 is 0 Å². The number of hydrogen-bond acceptors (Lipinski definition) is 2. The standard InChI is InChI=1S/C15H15ClN2O/c1-18(11-14-7-2-3-8-17-14)15(19)10-12-5-4-6-13(16)9-12/h2-9H,10-11H2,1H3. The van der Waals surface area contributed by atoms with Crippen molar-refractivity contribution in [2.24, 2.45) is 0 Å². The smallest absolute Gasteiger partial charge is 0.227 e. The first-order chi connectivity index (χ1) is 9.15. The predicted octanol–water partition coefficient (Wildman–Crippen LogP) is 2.94. The predicted molar refractivity (Wildman–Crippen MR) is 75.9 cm³/mol. The molecule has 3 nitrogen and oxygen atoms in total. The van der Waals surface area contributed by atoms with E-state index in [1.54, 1.807) is 24.2 Å². The molecule has 1 heterocycles. The number of carbonyl (C=O) groups is 1. The highest BCUT2D eigenvalue weighted by Crippen LogP contribution is 2.12. The van der Waals surface area contributed by atoms with Gasteiger partial charge in [0.05, 0.1) is 18.7 Å². The second-order valence-electron chi connectivity index (χ2n) is 4.38. The summed E-state index contributed by atoms with van der Waals surface area (Å²) in [6.45, 7) is 0.514. The van der Waals surface area contributed by atoms with E-state index in [2.05, 4.69) is 4.98 Å². The van der Waals surface area contributed by atoms with Gasteiger partial charge in [-0.3, -0.25) is 9.78 Å². The van der Waals surface area contributed by atoms with Crippen LogP contribution >= 0.6 is 11.6 Å². The Bertz CT molecular complexity index is 557. The van der Waals surface area contributed by atoms with E-state index in [1.807, 2.05) is 36.4 Å². The molecule has 0 atom stereocenters. The highest BCUT2D eigenvalue weighted by atomic mass is 35.5. The van der Waals surface area contributed by atoms with Crippen molar-refractivity contribution in [3.8, 4) is 0 Å². The largest absolute Gasteiger partial charge is 0.340 e. The molecule has 1 aromatic carbocycles. The summed E-state index contributed by atoms with van der Waals surface area (Å²) >= 11 is 5.90. The number of halogens is 1. The molecule has 0 aliphatic rings. The Hall–Kier alpha value is -1.87. The third kappa shape index (κ3) is 4.07. The van der Waals surface area contributed by atoms with Crippen LogP contribution in [0.4, 0.5) is 0 Å². The highest BCUT2D eigenvalue weighted by Gasteiger charge is 2.10. The van der Waals surface area contributed by atoms with E-state index in [9.17, 15) is 4.79 Å². The Morgan fingerprint density at radius 3 is 2.79 bits per heavy atom. The fourth-order valence-electron chi connectivity index (χ4n) is 1.78. The van der Waals surface area contributed by atoms with Gasteiger partial charge in [-0.2, -0.15) is 0 Å². The number of aromatic nitrogens is 1. The van der Waals surface area contributed by atoms with Crippen LogP contribution in [0.5, 0.6) is 0 Å².